The molecule has 1 aliphatic heterocycles. The summed E-state index contributed by atoms with van der Waals surface area (Å²) in [5, 5.41) is 3.41. The fourth-order valence-electron chi connectivity index (χ4n) is 1.38. The molecule has 0 bridgehead atoms. The molecule has 1 saturated heterocycles. The van der Waals surface area contributed by atoms with Gasteiger partial charge in [-0.1, -0.05) is 0 Å². The summed E-state index contributed by atoms with van der Waals surface area (Å²) in [5.41, 5.74) is 0. The number of rotatable bonds is 4. The molecule has 72 valence electrons. The molecule has 2 rings (SSSR count). The fraction of sp³-hybridized carbons (Fsp3) is 0.667. The van der Waals surface area contributed by atoms with Gasteiger partial charge in [0.2, 0.25) is 0 Å². The molecule has 0 aromatic carbocycles. The van der Waals surface area contributed by atoms with E-state index in [0.29, 0.717) is 6.04 Å². The van der Waals surface area contributed by atoms with Crippen molar-refractivity contribution in [2.75, 3.05) is 19.8 Å². The third-order valence-corrected chi connectivity index (χ3v) is 2.35. The second-order valence-electron chi connectivity index (χ2n) is 3.36. The zero-order chi connectivity index (χ0) is 9.10. The van der Waals surface area contributed by atoms with Crippen molar-refractivity contribution in [1.82, 2.24) is 14.9 Å². The Morgan fingerprint density at radius 3 is 3.08 bits per heavy atom. The Balaban J connectivity index is 1.70. The lowest BCUT2D eigenvalue weighted by atomic mass is 10.2. The molecule has 0 atom stereocenters. The Bertz CT molecular complexity index is 268. The number of nitrogens with zero attached hydrogens (tertiary/aromatic N) is 2. The Labute approximate surface area is 77.9 Å². The van der Waals surface area contributed by atoms with Crippen LogP contribution in [0.1, 0.15) is 5.82 Å². The molecule has 1 aromatic rings. The predicted molar refractivity (Wildman–Crippen MR) is 49.6 cm³/mol. The van der Waals surface area contributed by atoms with Gasteiger partial charge in [0.25, 0.3) is 0 Å². The minimum Gasteiger partial charge on any atom is -0.378 e. The highest BCUT2D eigenvalue weighted by molar-refractivity contribution is 4.88. The normalized spacial score (nSPS) is 17.3. The second kappa shape index (κ2) is 3.89. The van der Waals surface area contributed by atoms with E-state index in [9.17, 15) is 0 Å². The van der Waals surface area contributed by atoms with Gasteiger partial charge < -0.3 is 14.6 Å². The SMILES string of the molecule is Cc1nccn1CCNC1COC1. The van der Waals surface area contributed by atoms with Crippen LogP contribution in [0.2, 0.25) is 0 Å². The molecule has 1 aliphatic rings. The van der Waals surface area contributed by atoms with E-state index in [4.69, 9.17) is 4.74 Å². The van der Waals surface area contributed by atoms with E-state index in [1.165, 1.54) is 0 Å². The van der Waals surface area contributed by atoms with Gasteiger partial charge in [-0.3, -0.25) is 0 Å². The molecule has 0 radical (unpaired) electrons. The van der Waals surface area contributed by atoms with Crippen LogP contribution >= 0.6 is 0 Å². The van der Waals surface area contributed by atoms with Crippen molar-refractivity contribution >= 4 is 0 Å². The lowest BCUT2D eigenvalue weighted by Crippen LogP contribution is -2.46. The van der Waals surface area contributed by atoms with E-state index in [1.807, 2.05) is 19.3 Å². The van der Waals surface area contributed by atoms with Crippen LogP contribution in [0.3, 0.4) is 0 Å². The summed E-state index contributed by atoms with van der Waals surface area (Å²) in [7, 11) is 0. The smallest absolute Gasteiger partial charge is 0.105 e. The summed E-state index contributed by atoms with van der Waals surface area (Å²) in [6, 6.07) is 0.573. The number of hydrogen-bond acceptors (Lipinski definition) is 3. The summed E-state index contributed by atoms with van der Waals surface area (Å²) in [5.74, 6) is 1.08. The average Bonchev–Trinajstić information content (AvgIpc) is 2.42. The monoisotopic (exact) mass is 181 g/mol. The molecule has 1 aromatic heterocycles. The first-order chi connectivity index (χ1) is 6.36. The maximum atomic E-state index is 5.06. The highest BCUT2D eigenvalue weighted by Crippen LogP contribution is 1.99. The van der Waals surface area contributed by atoms with Crippen LogP contribution in [0, 0.1) is 6.92 Å². The zero-order valence-electron chi connectivity index (χ0n) is 7.86. The van der Waals surface area contributed by atoms with E-state index < -0.39 is 0 Å². The van der Waals surface area contributed by atoms with Crippen LogP contribution in [0.4, 0.5) is 0 Å². The number of aryl methyl sites for hydroxylation is 1. The van der Waals surface area contributed by atoms with E-state index in [1.54, 1.807) is 0 Å². The van der Waals surface area contributed by atoms with Crippen molar-refractivity contribution in [3.8, 4) is 0 Å². The standard InChI is InChI=1S/C9H15N3O/c1-8-10-2-4-12(8)5-3-11-9-6-13-7-9/h2,4,9,11H,3,5-7H2,1H3. The van der Waals surface area contributed by atoms with Gasteiger partial charge in [0.15, 0.2) is 0 Å². The largest absolute Gasteiger partial charge is 0.378 e. The van der Waals surface area contributed by atoms with Crippen molar-refractivity contribution < 1.29 is 4.74 Å². The van der Waals surface area contributed by atoms with E-state index in [0.717, 1.165) is 32.1 Å². The number of hydrogen-bond donors (Lipinski definition) is 1. The molecule has 13 heavy (non-hydrogen) atoms. The number of ether oxygens (including phenoxy) is 1. The molecule has 0 amide bonds. The third-order valence-electron chi connectivity index (χ3n) is 2.35. The molecule has 4 heteroatoms. The molecule has 2 heterocycles. The molecule has 0 saturated carbocycles. The first-order valence-corrected chi connectivity index (χ1v) is 4.65. The summed E-state index contributed by atoms with van der Waals surface area (Å²) >= 11 is 0. The number of aromatic nitrogens is 2. The number of imidazole rings is 1. The second-order valence-corrected chi connectivity index (χ2v) is 3.36. The van der Waals surface area contributed by atoms with E-state index in [2.05, 4.69) is 14.9 Å². The minimum absolute atomic E-state index is 0.573. The van der Waals surface area contributed by atoms with Crippen molar-refractivity contribution in [2.45, 2.75) is 19.5 Å². The maximum Gasteiger partial charge on any atom is 0.105 e. The van der Waals surface area contributed by atoms with Crippen LogP contribution in [-0.2, 0) is 11.3 Å². The van der Waals surface area contributed by atoms with Gasteiger partial charge in [0.05, 0.1) is 19.3 Å². The summed E-state index contributed by atoms with van der Waals surface area (Å²) < 4.78 is 7.21. The predicted octanol–water partition coefficient (Wildman–Crippen LogP) is 0.180. The molecule has 0 spiro atoms. The van der Waals surface area contributed by atoms with Crippen molar-refractivity contribution in [3.63, 3.8) is 0 Å². The first kappa shape index (κ1) is 8.72. The van der Waals surface area contributed by atoms with Gasteiger partial charge >= 0.3 is 0 Å². The minimum atomic E-state index is 0.573. The Hall–Kier alpha value is -0.870. The third kappa shape index (κ3) is 2.08. The van der Waals surface area contributed by atoms with Gasteiger partial charge in [-0.25, -0.2) is 4.98 Å². The summed E-state index contributed by atoms with van der Waals surface area (Å²) in [4.78, 5) is 4.16. The van der Waals surface area contributed by atoms with Crippen molar-refractivity contribution in [1.29, 1.82) is 0 Å². The molecule has 4 nitrogen and oxygen atoms in total. The van der Waals surface area contributed by atoms with Crippen molar-refractivity contribution in [3.05, 3.63) is 18.2 Å². The Morgan fingerprint density at radius 1 is 1.69 bits per heavy atom. The maximum absolute atomic E-state index is 5.06. The van der Waals surface area contributed by atoms with Crippen LogP contribution in [0.15, 0.2) is 12.4 Å². The molecular weight excluding hydrogens is 166 g/mol. The topological polar surface area (TPSA) is 39.1 Å². The molecular formula is C9H15N3O. The fourth-order valence-corrected chi connectivity index (χ4v) is 1.38. The lowest BCUT2D eigenvalue weighted by molar-refractivity contribution is -0.00515. The van der Waals surface area contributed by atoms with E-state index in [-0.39, 0.29) is 0 Å². The first-order valence-electron chi connectivity index (χ1n) is 4.65. The van der Waals surface area contributed by atoms with Gasteiger partial charge in [-0.2, -0.15) is 0 Å². The summed E-state index contributed by atoms with van der Waals surface area (Å²) in [6.45, 7) is 5.73. The highest BCUT2D eigenvalue weighted by atomic mass is 16.5. The van der Waals surface area contributed by atoms with Gasteiger partial charge in [-0.05, 0) is 6.92 Å². The van der Waals surface area contributed by atoms with Crippen LogP contribution in [-0.4, -0.2) is 35.4 Å². The Kier molecular flexibility index (Phi) is 2.61. The molecule has 1 fully saturated rings. The zero-order valence-corrected chi connectivity index (χ0v) is 7.86. The van der Waals surface area contributed by atoms with Gasteiger partial charge in [0, 0.05) is 25.5 Å². The van der Waals surface area contributed by atoms with Gasteiger partial charge in [-0.15, -0.1) is 0 Å². The summed E-state index contributed by atoms with van der Waals surface area (Å²) in [6.07, 6.45) is 3.84. The van der Waals surface area contributed by atoms with Crippen LogP contribution < -0.4 is 5.32 Å². The average molecular weight is 181 g/mol. The van der Waals surface area contributed by atoms with Crippen LogP contribution in [0.5, 0.6) is 0 Å². The quantitative estimate of drug-likeness (QED) is 0.720. The van der Waals surface area contributed by atoms with Crippen molar-refractivity contribution in [2.24, 2.45) is 0 Å². The lowest BCUT2D eigenvalue weighted by Gasteiger charge is -2.27. The molecule has 0 aliphatic carbocycles. The van der Waals surface area contributed by atoms with Gasteiger partial charge in [0.1, 0.15) is 5.82 Å². The van der Waals surface area contributed by atoms with E-state index >= 15 is 0 Å². The Morgan fingerprint density at radius 2 is 2.54 bits per heavy atom. The molecule has 1 N–H and O–H groups in total. The molecule has 0 unspecified atom stereocenters. The van der Waals surface area contributed by atoms with Crippen LogP contribution in [0.25, 0.3) is 0 Å². The number of nitrogens with one attached hydrogen (secondary N) is 1. The highest BCUT2D eigenvalue weighted by Gasteiger charge is 2.16.